The van der Waals surface area contributed by atoms with Crippen LogP contribution in [0.1, 0.15) is 51.6 Å². The van der Waals surface area contributed by atoms with Crippen molar-refractivity contribution in [2.45, 2.75) is 58.2 Å². The van der Waals surface area contributed by atoms with Crippen LogP contribution in [-0.4, -0.2) is 18.1 Å². The molecule has 4 nitrogen and oxygen atoms in total. The molecule has 5 heteroatoms. The third-order valence-electron chi connectivity index (χ3n) is 3.93. The van der Waals surface area contributed by atoms with Crippen LogP contribution < -0.4 is 15.8 Å². The molecule has 0 heterocycles. The van der Waals surface area contributed by atoms with E-state index >= 15 is 0 Å². The van der Waals surface area contributed by atoms with Crippen LogP contribution in [0.4, 0.5) is 0 Å². The molecule has 124 valence electrons. The lowest BCUT2D eigenvalue weighted by molar-refractivity contribution is -0.125. The third-order valence-corrected chi connectivity index (χ3v) is 3.93. The molecule has 1 aromatic carbocycles. The lowest BCUT2D eigenvalue weighted by atomic mass is 10.0. The summed E-state index contributed by atoms with van der Waals surface area (Å²) < 4.78 is 5.69. The highest BCUT2D eigenvalue weighted by Crippen LogP contribution is 2.26. The van der Waals surface area contributed by atoms with Crippen LogP contribution in [0.15, 0.2) is 24.3 Å². The molecule has 3 N–H and O–H groups in total. The van der Waals surface area contributed by atoms with Crippen molar-refractivity contribution in [2.24, 2.45) is 11.7 Å². The number of halogens is 1. The zero-order chi connectivity index (χ0) is 15.4. The van der Waals surface area contributed by atoms with E-state index in [4.69, 9.17) is 10.5 Å². The molecule has 1 aliphatic carbocycles. The van der Waals surface area contributed by atoms with E-state index in [2.05, 4.69) is 5.32 Å². The molecule has 22 heavy (non-hydrogen) atoms. The highest BCUT2D eigenvalue weighted by Gasteiger charge is 2.28. The second-order valence-electron chi connectivity index (χ2n) is 6.24. The first-order chi connectivity index (χ1) is 9.95. The van der Waals surface area contributed by atoms with Crippen molar-refractivity contribution in [3.63, 3.8) is 0 Å². The molecule has 0 radical (unpaired) electrons. The summed E-state index contributed by atoms with van der Waals surface area (Å²) in [5.74, 6) is 1.02. The van der Waals surface area contributed by atoms with Gasteiger partial charge in [0, 0.05) is 12.0 Å². The largest absolute Gasteiger partial charge is 0.491 e. The van der Waals surface area contributed by atoms with E-state index in [9.17, 15) is 4.79 Å². The first kappa shape index (κ1) is 18.8. The average molecular weight is 327 g/mol. The number of nitrogens with one attached hydrogen (secondary N) is 1. The summed E-state index contributed by atoms with van der Waals surface area (Å²) in [6, 6.07) is 8.06. The quantitative estimate of drug-likeness (QED) is 0.873. The van der Waals surface area contributed by atoms with Gasteiger partial charge in [0.15, 0.2) is 0 Å². The molecule has 0 bridgehead atoms. The van der Waals surface area contributed by atoms with E-state index < -0.39 is 0 Å². The van der Waals surface area contributed by atoms with Gasteiger partial charge < -0.3 is 15.8 Å². The molecule has 0 aliphatic heterocycles. The summed E-state index contributed by atoms with van der Waals surface area (Å²) in [6.07, 6.45) is 2.79. The molecular weight excluding hydrogens is 300 g/mol. The van der Waals surface area contributed by atoms with Gasteiger partial charge in [-0.2, -0.15) is 0 Å². The molecule has 3 atom stereocenters. The Morgan fingerprint density at radius 3 is 2.64 bits per heavy atom. The molecule has 1 aromatic rings. The third kappa shape index (κ3) is 5.18. The van der Waals surface area contributed by atoms with Crippen molar-refractivity contribution in [1.29, 1.82) is 0 Å². The first-order valence-corrected chi connectivity index (χ1v) is 7.78. The van der Waals surface area contributed by atoms with Gasteiger partial charge in [0.1, 0.15) is 5.75 Å². The van der Waals surface area contributed by atoms with Crippen LogP contribution in [0.3, 0.4) is 0 Å². The van der Waals surface area contributed by atoms with Gasteiger partial charge in [-0.15, -0.1) is 12.4 Å². The minimum Gasteiger partial charge on any atom is -0.491 e. The molecule has 2 rings (SSSR count). The number of hydrogen-bond donors (Lipinski definition) is 2. The topological polar surface area (TPSA) is 64.3 Å². The Hall–Kier alpha value is -1.26. The average Bonchev–Trinajstić information content (AvgIpc) is 2.85. The maximum Gasteiger partial charge on any atom is 0.223 e. The Balaban J connectivity index is 0.00000242. The van der Waals surface area contributed by atoms with Crippen LogP contribution in [0, 0.1) is 5.92 Å². The van der Waals surface area contributed by atoms with Gasteiger partial charge in [-0.25, -0.2) is 0 Å². The Kier molecular flexibility index (Phi) is 7.17. The molecular formula is C17H27ClN2O2. The first-order valence-electron chi connectivity index (χ1n) is 7.78. The lowest BCUT2D eigenvalue weighted by Gasteiger charge is -2.18. The molecule has 1 aliphatic rings. The number of hydrogen-bond acceptors (Lipinski definition) is 3. The Morgan fingerprint density at radius 1 is 1.32 bits per heavy atom. The van der Waals surface area contributed by atoms with Gasteiger partial charge >= 0.3 is 0 Å². The van der Waals surface area contributed by atoms with E-state index in [-0.39, 0.29) is 42.4 Å². The normalized spacial score (nSPS) is 22.0. The van der Waals surface area contributed by atoms with Gasteiger partial charge in [0.2, 0.25) is 5.91 Å². The SMILES string of the molecule is CC(C)Oc1cccc(C(C)NC(=O)C2CCC(N)C2)c1.Cl. The predicted octanol–water partition coefficient (Wildman–Crippen LogP) is 3.20. The molecule has 1 saturated carbocycles. The fourth-order valence-corrected chi connectivity index (χ4v) is 2.80. The number of amides is 1. The fourth-order valence-electron chi connectivity index (χ4n) is 2.80. The molecule has 3 unspecified atom stereocenters. The van der Waals surface area contributed by atoms with E-state index in [0.717, 1.165) is 30.6 Å². The van der Waals surface area contributed by atoms with Gasteiger partial charge in [-0.05, 0) is 57.7 Å². The highest BCUT2D eigenvalue weighted by molar-refractivity contribution is 5.85. The van der Waals surface area contributed by atoms with Crippen LogP contribution in [-0.2, 0) is 4.79 Å². The van der Waals surface area contributed by atoms with Gasteiger partial charge in [-0.3, -0.25) is 4.79 Å². The van der Waals surface area contributed by atoms with Gasteiger partial charge in [0.05, 0.1) is 12.1 Å². The van der Waals surface area contributed by atoms with Crippen molar-refractivity contribution in [2.75, 3.05) is 0 Å². The summed E-state index contributed by atoms with van der Waals surface area (Å²) in [5.41, 5.74) is 6.93. The Labute approximate surface area is 139 Å². The fraction of sp³-hybridized carbons (Fsp3) is 0.588. The second-order valence-corrected chi connectivity index (χ2v) is 6.24. The summed E-state index contributed by atoms with van der Waals surface area (Å²) in [7, 11) is 0. The number of carbonyl (C=O) groups is 1. The summed E-state index contributed by atoms with van der Waals surface area (Å²) >= 11 is 0. The lowest BCUT2D eigenvalue weighted by Crippen LogP contribution is -2.32. The minimum absolute atomic E-state index is 0. The van der Waals surface area contributed by atoms with E-state index in [1.807, 2.05) is 45.0 Å². The van der Waals surface area contributed by atoms with E-state index in [0.29, 0.717) is 0 Å². The number of nitrogens with two attached hydrogens (primary N) is 1. The molecule has 0 aromatic heterocycles. The Bertz CT molecular complexity index is 493. The van der Waals surface area contributed by atoms with E-state index in [1.165, 1.54) is 0 Å². The minimum atomic E-state index is -0.0231. The van der Waals surface area contributed by atoms with Crippen LogP contribution in [0.2, 0.25) is 0 Å². The highest BCUT2D eigenvalue weighted by atomic mass is 35.5. The smallest absolute Gasteiger partial charge is 0.223 e. The summed E-state index contributed by atoms with van der Waals surface area (Å²) in [4.78, 5) is 12.2. The van der Waals surface area contributed by atoms with Gasteiger partial charge in [0.25, 0.3) is 0 Å². The summed E-state index contributed by atoms with van der Waals surface area (Å²) in [6.45, 7) is 6.00. The van der Waals surface area contributed by atoms with Crippen molar-refractivity contribution >= 4 is 18.3 Å². The zero-order valence-electron chi connectivity index (χ0n) is 13.5. The second kappa shape index (κ2) is 8.39. The number of carbonyl (C=O) groups excluding carboxylic acids is 1. The van der Waals surface area contributed by atoms with Crippen LogP contribution in [0.25, 0.3) is 0 Å². The molecule has 0 saturated heterocycles. The maximum absolute atomic E-state index is 12.2. The van der Waals surface area contributed by atoms with E-state index in [1.54, 1.807) is 0 Å². The van der Waals surface area contributed by atoms with Crippen molar-refractivity contribution < 1.29 is 9.53 Å². The zero-order valence-corrected chi connectivity index (χ0v) is 14.4. The number of benzene rings is 1. The Morgan fingerprint density at radius 2 is 2.05 bits per heavy atom. The number of rotatable bonds is 5. The van der Waals surface area contributed by atoms with Crippen molar-refractivity contribution in [3.8, 4) is 5.75 Å². The van der Waals surface area contributed by atoms with Crippen molar-refractivity contribution in [3.05, 3.63) is 29.8 Å². The van der Waals surface area contributed by atoms with Crippen LogP contribution >= 0.6 is 12.4 Å². The van der Waals surface area contributed by atoms with Gasteiger partial charge in [-0.1, -0.05) is 12.1 Å². The predicted molar refractivity (Wildman–Crippen MR) is 91.3 cm³/mol. The maximum atomic E-state index is 12.2. The molecule has 1 fully saturated rings. The van der Waals surface area contributed by atoms with Crippen LogP contribution in [0.5, 0.6) is 5.75 Å². The summed E-state index contributed by atoms with van der Waals surface area (Å²) in [5, 5.41) is 3.09. The standard InChI is InChI=1S/C17H26N2O2.ClH/c1-11(2)21-16-6-4-5-13(10-16)12(3)19-17(20)14-7-8-15(18)9-14;/h4-6,10-12,14-15H,7-9,18H2,1-3H3,(H,19,20);1H. The number of ether oxygens (including phenoxy) is 1. The molecule has 0 spiro atoms. The monoisotopic (exact) mass is 326 g/mol. The molecule has 1 amide bonds. The van der Waals surface area contributed by atoms with Crippen molar-refractivity contribution in [1.82, 2.24) is 5.32 Å².